The van der Waals surface area contributed by atoms with E-state index in [1.165, 1.54) is 0 Å². The standard InChI is InChI=1S/C13H13ClN2O/c1-9-6-11(8-16-13(9)14)15-7-10-4-2-3-5-12(10)17/h2-6,8,15,17H,7H2,1H3. The molecule has 0 bridgehead atoms. The monoisotopic (exact) mass is 248 g/mol. The van der Waals surface area contributed by atoms with Gasteiger partial charge in [0.1, 0.15) is 10.9 Å². The van der Waals surface area contributed by atoms with Crippen LogP contribution in [0.1, 0.15) is 11.1 Å². The van der Waals surface area contributed by atoms with Crippen LogP contribution in [0, 0.1) is 6.92 Å². The van der Waals surface area contributed by atoms with Gasteiger partial charge in [-0.3, -0.25) is 0 Å². The highest BCUT2D eigenvalue weighted by Crippen LogP contribution is 2.19. The quantitative estimate of drug-likeness (QED) is 0.819. The van der Waals surface area contributed by atoms with Gasteiger partial charge in [-0.05, 0) is 24.6 Å². The molecular formula is C13H13ClN2O. The third-order valence-electron chi connectivity index (χ3n) is 2.49. The average Bonchev–Trinajstić information content (AvgIpc) is 2.32. The normalized spacial score (nSPS) is 10.2. The molecule has 0 saturated heterocycles. The number of para-hydroxylation sites is 1. The molecule has 1 aromatic carbocycles. The number of nitrogens with one attached hydrogen (secondary N) is 1. The summed E-state index contributed by atoms with van der Waals surface area (Å²) in [6.45, 7) is 2.45. The first kappa shape index (κ1) is 11.7. The molecule has 0 unspecified atom stereocenters. The number of benzene rings is 1. The largest absolute Gasteiger partial charge is 0.508 e. The Kier molecular flexibility index (Phi) is 3.49. The number of phenols is 1. The van der Waals surface area contributed by atoms with Crippen molar-refractivity contribution < 1.29 is 5.11 Å². The molecule has 88 valence electrons. The lowest BCUT2D eigenvalue weighted by atomic mass is 10.2. The Balaban J connectivity index is 2.08. The molecule has 17 heavy (non-hydrogen) atoms. The molecule has 0 atom stereocenters. The molecule has 0 spiro atoms. The van der Waals surface area contributed by atoms with E-state index in [2.05, 4.69) is 10.3 Å². The minimum Gasteiger partial charge on any atom is -0.508 e. The van der Waals surface area contributed by atoms with Gasteiger partial charge < -0.3 is 10.4 Å². The van der Waals surface area contributed by atoms with E-state index in [-0.39, 0.29) is 0 Å². The van der Waals surface area contributed by atoms with E-state index in [9.17, 15) is 5.11 Å². The summed E-state index contributed by atoms with van der Waals surface area (Å²) in [6, 6.07) is 9.16. The van der Waals surface area contributed by atoms with Gasteiger partial charge in [-0.25, -0.2) is 4.98 Å². The molecule has 0 aliphatic heterocycles. The zero-order valence-corrected chi connectivity index (χ0v) is 10.2. The SMILES string of the molecule is Cc1cc(NCc2ccccc2O)cnc1Cl. The Bertz CT molecular complexity index is 529. The number of phenolic OH excluding ortho intramolecular Hbond substituents is 1. The number of pyridine rings is 1. The van der Waals surface area contributed by atoms with Gasteiger partial charge in [0.05, 0.1) is 11.9 Å². The van der Waals surface area contributed by atoms with E-state index in [0.29, 0.717) is 17.4 Å². The van der Waals surface area contributed by atoms with Crippen molar-refractivity contribution in [3.05, 3.63) is 52.8 Å². The fraction of sp³-hybridized carbons (Fsp3) is 0.154. The van der Waals surface area contributed by atoms with Gasteiger partial charge in [0.15, 0.2) is 0 Å². The van der Waals surface area contributed by atoms with Crippen molar-refractivity contribution >= 4 is 17.3 Å². The lowest BCUT2D eigenvalue weighted by molar-refractivity contribution is 0.469. The first-order chi connectivity index (χ1) is 8.16. The second-order valence-corrected chi connectivity index (χ2v) is 4.17. The number of halogens is 1. The Labute approximate surface area is 105 Å². The van der Waals surface area contributed by atoms with Crippen LogP contribution in [0.4, 0.5) is 5.69 Å². The maximum absolute atomic E-state index is 9.61. The minimum atomic E-state index is 0.290. The highest BCUT2D eigenvalue weighted by molar-refractivity contribution is 6.30. The number of hydrogen-bond donors (Lipinski definition) is 2. The molecule has 1 heterocycles. The van der Waals surface area contributed by atoms with Crippen molar-refractivity contribution in [2.75, 3.05) is 5.32 Å². The minimum absolute atomic E-state index is 0.290. The van der Waals surface area contributed by atoms with Crippen molar-refractivity contribution in [2.45, 2.75) is 13.5 Å². The zero-order valence-electron chi connectivity index (χ0n) is 9.44. The van der Waals surface area contributed by atoms with E-state index in [1.807, 2.05) is 25.1 Å². The van der Waals surface area contributed by atoms with Crippen LogP contribution in [-0.4, -0.2) is 10.1 Å². The Morgan fingerprint density at radius 3 is 2.82 bits per heavy atom. The molecule has 1 aromatic heterocycles. The number of aromatic nitrogens is 1. The number of aryl methyl sites for hydroxylation is 1. The molecular weight excluding hydrogens is 236 g/mol. The predicted octanol–water partition coefficient (Wildman–Crippen LogP) is 3.36. The smallest absolute Gasteiger partial charge is 0.132 e. The molecule has 0 fully saturated rings. The van der Waals surface area contributed by atoms with E-state index in [4.69, 9.17) is 11.6 Å². The number of nitrogens with zero attached hydrogens (tertiary/aromatic N) is 1. The van der Waals surface area contributed by atoms with Gasteiger partial charge in [-0.2, -0.15) is 0 Å². The Hall–Kier alpha value is -1.74. The van der Waals surface area contributed by atoms with Crippen LogP contribution < -0.4 is 5.32 Å². The van der Waals surface area contributed by atoms with Gasteiger partial charge in [-0.15, -0.1) is 0 Å². The topological polar surface area (TPSA) is 45.1 Å². The summed E-state index contributed by atoms with van der Waals surface area (Å²) in [5, 5.41) is 13.3. The first-order valence-electron chi connectivity index (χ1n) is 5.29. The molecule has 2 rings (SSSR count). The summed E-state index contributed by atoms with van der Waals surface area (Å²) >= 11 is 5.84. The summed E-state index contributed by atoms with van der Waals surface area (Å²) in [6.07, 6.45) is 1.68. The molecule has 3 nitrogen and oxygen atoms in total. The lowest BCUT2D eigenvalue weighted by Gasteiger charge is -2.08. The lowest BCUT2D eigenvalue weighted by Crippen LogP contribution is -2.00. The van der Waals surface area contributed by atoms with Crippen LogP contribution in [0.2, 0.25) is 5.15 Å². The number of aromatic hydroxyl groups is 1. The molecule has 0 aliphatic carbocycles. The zero-order chi connectivity index (χ0) is 12.3. The fourth-order valence-electron chi connectivity index (χ4n) is 1.51. The first-order valence-corrected chi connectivity index (χ1v) is 5.67. The van der Waals surface area contributed by atoms with Crippen LogP contribution in [0.5, 0.6) is 5.75 Å². The summed E-state index contributed by atoms with van der Waals surface area (Å²) in [7, 11) is 0. The van der Waals surface area contributed by atoms with E-state index >= 15 is 0 Å². The summed E-state index contributed by atoms with van der Waals surface area (Å²) in [5.41, 5.74) is 2.66. The van der Waals surface area contributed by atoms with E-state index < -0.39 is 0 Å². The van der Waals surface area contributed by atoms with Gasteiger partial charge >= 0.3 is 0 Å². The van der Waals surface area contributed by atoms with Crippen molar-refractivity contribution in [3.8, 4) is 5.75 Å². The van der Waals surface area contributed by atoms with E-state index in [1.54, 1.807) is 18.3 Å². The third-order valence-corrected chi connectivity index (χ3v) is 2.88. The maximum Gasteiger partial charge on any atom is 0.132 e. The highest BCUT2D eigenvalue weighted by Gasteiger charge is 2.01. The van der Waals surface area contributed by atoms with Gasteiger partial charge in [0.25, 0.3) is 0 Å². The second kappa shape index (κ2) is 5.06. The van der Waals surface area contributed by atoms with Crippen LogP contribution in [0.15, 0.2) is 36.5 Å². The van der Waals surface area contributed by atoms with Crippen LogP contribution in [0.25, 0.3) is 0 Å². The van der Waals surface area contributed by atoms with Crippen LogP contribution >= 0.6 is 11.6 Å². The third kappa shape index (κ3) is 2.88. The fourth-order valence-corrected chi connectivity index (χ4v) is 1.62. The molecule has 0 saturated carbocycles. The highest BCUT2D eigenvalue weighted by atomic mass is 35.5. The predicted molar refractivity (Wildman–Crippen MR) is 69.4 cm³/mol. The molecule has 0 aliphatic rings. The van der Waals surface area contributed by atoms with Crippen molar-refractivity contribution in [2.24, 2.45) is 0 Å². The molecule has 2 N–H and O–H groups in total. The van der Waals surface area contributed by atoms with Gasteiger partial charge in [0.2, 0.25) is 0 Å². The Morgan fingerprint density at radius 1 is 1.35 bits per heavy atom. The van der Waals surface area contributed by atoms with Crippen LogP contribution in [0.3, 0.4) is 0 Å². The van der Waals surface area contributed by atoms with E-state index in [0.717, 1.165) is 16.8 Å². The van der Waals surface area contributed by atoms with Crippen molar-refractivity contribution in [1.82, 2.24) is 4.98 Å². The van der Waals surface area contributed by atoms with Crippen LogP contribution in [-0.2, 0) is 6.54 Å². The number of anilines is 1. The summed E-state index contributed by atoms with van der Waals surface area (Å²) < 4.78 is 0. The molecule has 0 radical (unpaired) electrons. The molecule has 4 heteroatoms. The Morgan fingerprint density at radius 2 is 2.12 bits per heavy atom. The summed E-state index contributed by atoms with van der Waals surface area (Å²) in [5.74, 6) is 0.290. The van der Waals surface area contributed by atoms with Gasteiger partial charge in [-0.1, -0.05) is 29.8 Å². The maximum atomic E-state index is 9.61. The van der Waals surface area contributed by atoms with Gasteiger partial charge in [0, 0.05) is 12.1 Å². The number of hydrogen-bond acceptors (Lipinski definition) is 3. The molecule has 0 amide bonds. The molecule has 2 aromatic rings. The average molecular weight is 249 g/mol. The van der Waals surface area contributed by atoms with Crippen molar-refractivity contribution in [1.29, 1.82) is 0 Å². The second-order valence-electron chi connectivity index (χ2n) is 3.81. The number of rotatable bonds is 3. The summed E-state index contributed by atoms with van der Waals surface area (Å²) in [4.78, 5) is 4.05. The van der Waals surface area contributed by atoms with Crippen molar-refractivity contribution in [3.63, 3.8) is 0 Å².